The zero-order valence-corrected chi connectivity index (χ0v) is 46.4. The number of carboxylic acids is 1. The Morgan fingerprint density at radius 1 is 0.514 bits per heavy atom. The van der Waals surface area contributed by atoms with E-state index in [-0.39, 0.29) is 25.4 Å². The SMILES string of the molecule is C[Si](C)(C)CCOC(=O)Oc1ccc(COC(=O)Cc2ccccc2Nc2c(Cl)cccc2Cl)cc1.C[Si](C)(C)COC(=O)Oc1ccc(CCl)cc1.O=C(O)Cc1ccccc1Nc1c(Cl)cccc1Cl. The third-order valence-corrected chi connectivity index (χ3v) is 13.9. The van der Waals surface area contributed by atoms with E-state index in [2.05, 4.69) is 49.9 Å². The summed E-state index contributed by atoms with van der Waals surface area (Å²) in [5.74, 6) is 0.00134. The Bertz CT molecular complexity index is 2700. The van der Waals surface area contributed by atoms with Gasteiger partial charge in [-0.25, -0.2) is 9.59 Å². The van der Waals surface area contributed by atoms with Crippen molar-refractivity contribution in [3.05, 3.63) is 176 Å². The maximum Gasteiger partial charge on any atom is 0.513 e. The molecule has 0 aliphatic carbocycles. The molecule has 382 valence electrons. The molecule has 0 aliphatic heterocycles. The van der Waals surface area contributed by atoms with Gasteiger partial charge in [0.15, 0.2) is 0 Å². The van der Waals surface area contributed by atoms with Crippen LogP contribution in [0, 0.1) is 0 Å². The van der Waals surface area contributed by atoms with Crippen molar-refractivity contribution in [2.75, 3.05) is 23.5 Å². The van der Waals surface area contributed by atoms with E-state index in [0.29, 0.717) is 78.6 Å². The summed E-state index contributed by atoms with van der Waals surface area (Å²) >= 11 is 30.3. The molecule has 0 aliphatic rings. The van der Waals surface area contributed by atoms with Crippen LogP contribution >= 0.6 is 58.0 Å². The summed E-state index contributed by atoms with van der Waals surface area (Å²) in [6, 6.07) is 39.6. The molecule has 12 nitrogen and oxygen atoms in total. The molecule has 6 aromatic carbocycles. The van der Waals surface area contributed by atoms with Crippen LogP contribution < -0.4 is 20.1 Å². The van der Waals surface area contributed by atoms with Gasteiger partial charge in [0, 0.05) is 25.3 Å². The topological polar surface area (TPSA) is 159 Å². The van der Waals surface area contributed by atoms with Gasteiger partial charge in [0.1, 0.15) is 18.1 Å². The van der Waals surface area contributed by atoms with Crippen LogP contribution in [0.5, 0.6) is 11.5 Å². The van der Waals surface area contributed by atoms with Crippen LogP contribution in [0.25, 0.3) is 0 Å². The summed E-state index contributed by atoms with van der Waals surface area (Å²) in [4.78, 5) is 46.5. The van der Waals surface area contributed by atoms with Crippen LogP contribution in [0.4, 0.5) is 32.3 Å². The molecular formula is C53H57Cl5N2O10Si2. The van der Waals surface area contributed by atoms with Crippen molar-refractivity contribution in [3.8, 4) is 11.5 Å². The van der Waals surface area contributed by atoms with Gasteiger partial charge in [-0.2, -0.15) is 0 Å². The quantitative estimate of drug-likeness (QED) is 0.0246. The van der Waals surface area contributed by atoms with E-state index >= 15 is 0 Å². The standard InChI is InChI=1S/C27H29Cl2NO5Si.C14H11Cl2NO2.C12H17ClO3Si/c1-36(2,3)16-15-33-27(32)35-21-13-11-19(12-14-21)18-34-25(31)17-20-7-4-5-10-24(20)30-26-22(28)8-6-9-23(26)29;15-10-5-3-6-11(16)14(10)17-12-7-2-1-4-9(12)8-13(18)19;1-17(2,3)9-15-12(14)16-11-6-4-10(8-13)5-7-11/h4-14,30H,15-18H2,1-3H3;1-7,17H,8H2,(H,18,19);4-7H,8-9H2,1-3H3. The third kappa shape index (κ3) is 22.0. The van der Waals surface area contributed by atoms with Gasteiger partial charge in [-0.15, -0.1) is 11.6 Å². The number of esters is 1. The lowest BCUT2D eigenvalue weighted by Gasteiger charge is -2.15. The highest BCUT2D eigenvalue weighted by atomic mass is 35.5. The second kappa shape index (κ2) is 29.1. The first kappa shape index (κ1) is 58.9. The van der Waals surface area contributed by atoms with E-state index in [1.165, 1.54) is 0 Å². The van der Waals surface area contributed by atoms with Crippen molar-refractivity contribution in [3.63, 3.8) is 0 Å². The predicted octanol–water partition coefficient (Wildman–Crippen LogP) is 16.1. The van der Waals surface area contributed by atoms with Crippen LogP contribution in [0.1, 0.15) is 22.3 Å². The Labute approximate surface area is 447 Å². The average molecular weight is 1120 g/mol. The van der Waals surface area contributed by atoms with Crippen LogP contribution in [0.15, 0.2) is 133 Å². The van der Waals surface area contributed by atoms with Gasteiger partial charge in [-0.05, 0) is 89.0 Å². The maximum atomic E-state index is 12.5. The zero-order valence-electron chi connectivity index (χ0n) is 40.7. The first-order chi connectivity index (χ1) is 34.1. The molecule has 6 aromatic rings. The van der Waals surface area contributed by atoms with Gasteiger partial charge in [0.2, 0.25) is 0 Å². The van der Waals surface area contributed by atoms with Crippen molar-refractivity contribution in [1.29, 1.82) is 0 Å². The van der Waals surface area contributed by atoms with Gasteiger partial charge in [0.05, 0.1) is 65.2 Å². The molecule has 0 atom stereocenters. The highest BCUT2D eigenvalue weighted by molar-refractivity contribution is 6.76. The van der Waals surface area contributed by atoms with Crippen LogP contribution in [-0.2, 0) is 49.1 Å². The minimum absolute atomic E-state index is 0.0642. The number of para-hydroxylation sites is 4. The number of aliphatic carboxylic acids is 1. The number of hydrogen-bond donors (Lipinski definition) is 3. The molecule has 3 N–H and O–H groups in total. The molecule has 0 bridgehead atoms. The van der Waals surface area contributed by atoms with Crippen molar-refractivity contribution >= 4 is 121 Å². The largest absolute Gasteiger partial charge is 0.513 e. The lowest BCUT2D eigenvalue weighted by atomic mass is 10.1. The molecule has 0 heterocycles. The molecular weight excluding hydrogens is 1060 g/mol. The van der Waals surface area contributed by atoms with E-state index in [1.54, 1.807) is 91.0 Å². The second-order valence-corrected chi connectivity index (χ2v) is 31.2. The van der Waals surface area contributed by atoms with Crippen LogP contribution in [0.3, 0.4) is 0 Å². The monoisotopic (exact) mass is 1110 g/mol. The molecule has 0 unspecified atom stereocenters. The summed E-state index contributed by atoms with van der Waals surface area (Å²) < 4.78 is 25.8. The number of nitrogens with one attached hydrogen (secondary N) is 2. The third-order valence-electron chi connectivity index (χ3n) is 9.65. The number of halogens is 5. The minimum Gasteiger partial charge on any atom is -0.481 e. The fourth-order valence-electron chi connectivity index (χ4n) is 5.90. The van der Waals surface area contributed by atoms with Gasteiger partial charge >= 0.3 is 24.2 Å². The van der Waals surface area contributed by atoms with Crippen LogP contribution in [-0.4, -0.2) is 58.3 Å². The van der Waals surface area contributed by atoms with E-state index in [0.717, 1.165) is 22.7 Å². The summed E-state index contributed by atoms with van der Waals surface area (Å²) in [5.41, 5.74) is 5.70. The first-order valence-corrected chi connectivity index (χ1v) is 31.9. The van der Waals surface area contributed by atoms with Crippen molar-refractivity contribution in [2.24, 2.45) is 0 Å². The molecule has 0 saturated carbocycles. The second-order valence-electron chi connectivity index (χ2n) is 18.3. The zero-order chi connectivity index (χ0) is 52.8. The van der Waals surface area contributed by atoms with E-state index < -0.39 is 34.4 Å². The molecule has 0 spiro atoms. The summed E-state index contributed by atoms with van der Waals surface area (Å²) in [6.07, 6.45) is -0.907. The molecule has 6 rings (SSSR count). The van der Waals surface area contributed by atoms with Crippen molar-refractivity contribution in [2.45, 2.75) is 70.7 Å². The van der Waals surface area contributed by atoms with E-state index in [4.69, 9.17) is 86.8 Å². The summed E-state index contributed by atoms with van der Waals surface area (Å²) in [7, 11) is -2.67. The molecule has 0 radical (unpaired) electrons. The normalized spacial score (nSPS) is 10.8. The number of ether oxygens (including phenoxy) is 5. The molecule has 19 heteroatoms. The summed E-state index contributed by atoms with van der Waals surface area (Å²) in [5, 5.41) is 17.1. The van der Waals surface area contributed by atoms with E-state index in [9.17, 15) is 19.2 Å². The molecule has 0 fully saturated rings. The number of carbonyl (C=O) groups excluding carboxylic acids is 3. The fraction of sp³-hybridized carbons (Fsp3) is 0.245. The predicted molar refractivity (Wildman–Crippen MR) is 295 cm³/mol. The Morgan fingerprint density at radius 2 is 0.944 bits per heavy atom. The molecule has 72 heavy (non-hydrogen) atoms. The highest BCUT2D eigenvalue weighted by Crippen LogP contribution is 2.35. The van der Waals surface area contributed by atoms with Gasteiger partial charge < -0.3 is 39.4 Å². The number of alkyl halides is 1. The Balaban J connectivity index is 0.000000261. The number of anilines is 4. The molecule has 0 aromatic heterocycles. The number of rotatable bonds is 18. The Hall–Kier alpha value is -5.72. The number of benzene rings is 6. The average Bonchev–Trinajstić information content (AvgIpc) is 3.31. The summed E-state index contributed by atoms with van der Waals surface area (Å²) in [6.45, 7) is 13.4. The fourth-order valence-corrected chi connectivity index (χ4v) is 8.32. The highest BCUT2D eigenvalue weighted by Gasteiger charge is 2.18. The van der Waals surface area contributed by atoms with Crippen molar-refractivity contribution in [1.82, 2.24) is 0 Å². The number of carbonyl (C=O) groups is 4. The van der Waals surface area contributed by atoms with E-state index in [1.807, 2.05) is 42.5 Å². The number of hydrogen-bond acceptors (Lipinski definition) is 11. The Kier molecular flexibility index (Phi) is 23.8. The minimum atomic E-state index is -1.39. The maximum absolute atomic E-state index is 12.5. The Morgan fingerprint density at radius 3 is 1.38 bits per heavy atom. The van der Waals surface area contributed by atoms with Gasteiger partial charge in [-0.3, -0.25) is 9.59 Å². The molecule has 0 amide bonds. The van der Waals surface area contributed by atoms with Gasteiger partial charge in [0.25, 0.3) is 0 Å². The van der Waals surface area contributed by atoms with Crippen LogP contribution in [0.2, 0.25) is 65.4 Å². The number of carboxylic acid groups (broad SMARTS) is 1. The molecule has 0 saturated heterocycles. The van der Waals surface area contributed by atoms with Crippen molar-refractivity contribution < 1.29 is 48.0 Å². The first-order valence-electron chi connectivity index (χ1n) is 22.5. The lowest BCUT2D eigenvalue weighted by molar-refractivity contribution is -0.144. The smallest absolute Gasteiger partial charge is 0.481 e. The van der Waals surface area contributed by atoms with Gasteiger partial charge in [-0.1, -0.05) is 158 Å². The lowest BCUT2D eigenvalue weighted by Crippen LogP contribution is -2.30.